The lowest BCUT2D eigenvalue weighted by atomic mass is 9.87. The molecule has 2 aromatic rings. The van der Waals surface area contributed by atoms with E-state index in [0.717, 1.165) is 55.8 Å². The third kappa shape index (κ3) is 6.65. The Balaban J connectivity index is 1.83. The van der Waals surface area contributed by atoms with Crippen LogP contribution in [0.5, 0.6) is 0 Å². The van der Waals surface area contributed by atoms with Crippen LogP contribution in [0, 0.1) is 0 Å². The number of rotatable bonds is 16. The van der Waals surface area contributed by atoms with E-state index in [1.807, 2.05) is 12.1 Å². The third-order valence-electron chi connectivity index (χ3n) is 7.30. The number of carbonyl (C=O) groups is 2. The lowest BCUT2D eigenvalue weighted by molar-refractivity contribution is 0.111. The fourth-order valence-corrected chi connectivity index (χ4v) is 5.40. The molecular weight excluding hydrogens is 404 g/mol. The van der Waals surface area contributed by atoms with Crippen molar-refractivity contribution in [3.63, 3.8) is 0 Å². The van der Waals surface area contributed by atoms with E-state index < -0.39 is 0 Å². The van der Waals surface area contributed by atoms with Crippen LogP contribution in [0.25, 0.3) is 11.1 Å². The molecule has 0 saturated heterocycles. The van der Waals surface area contributed by atoms with Crippen LogP contribution in [0.1, 0.15) is 134 Å². The van der Waals surface area contributed by atoms with Gasteiger partial charge in [-0.1, -0.05) is 96.3 Å². The number of aryl methyl sites for hydroxylation is 1. The van der Waals surface area contributed by atoms with Gasteiger partial charge in [0.05, 0.1) is 0 Å². The summed E-state index contributed by atoms with van der Waals surface area (Å²) in [5.41, 5.74) is 9.32. The molecule has 0 atom stereocenters. The van der Waals surface area contributed by atoms with Gasteiger partial charge in [0, 0.05) is 11.1 Å². The molecule has 0 aliphatic heterocycles. The first-order chi connectivity index (χ1) is 16.2. The molecule has 0 radical (unpaired) electrons. The molecule has 1 aliphatic carbocycles. The number of unbranched alkanes of at least 4 members (excludes halogenated alkanes) is 10. The maximum Gasteiger partial charge on any atom is 0.150 e. The van der Waals surface area contributed by atoms with E-state index in [1.54, 1.807) is 0 Å². The van der Waals surface area contributed by atoms with Gasteiger partial charge in [-0.3, -0.25) is 9.59 Å². The molecule has 0 fully saturated rings. The lowest BCUT2D eigenvalue weighted by Crippen LogP contribution is -2.05. The molecule has 0 amide bonds. The fraction of sp³-hybridized carbons (Fsp3) is 0.548. The standard InChI is InChI=1S/C31H42O2/c1-3-5-7-9-11-13-15-25-20-29-27-18-17-24(22-32)19-26(27)21-30(29)28(31(25)23-33)16-14-12-10-8-6-4-2/h17-20,22-23H,3-16,21H2,1-2H3. The summed E-state index contributed by atoms with van der Waals surface area (Å²) in [6.45, 7) is 4.50. The topological polar surface area (TPSA) is 34.1 Å². The summed E-state index contributed by atoms with van der Waals surface area (Å²) >= 11 is 0. The van der Waals surface area contributed by atoms with Crippen molar-refractivity contribution in [3.8, 4) is 11.1 Å². The van der Waals surface area contributed by atoms with Crippen molar-refractivity contribution in [3.05, 3.63) is 57.6 Å². The van der Waals surface area contributed by atoms with Crippen molar-refractivity contribution >= 4 is 12.6 Å². The minimum atomic E-state index is 0.738. The summed E-state index contributed by atoms with van der Waals surface area (Å²) in [5, 5.41) is 0. The largest absolute Gasteiger partial charge is 0.298 e. The highest BCUT2D eigenvalue weighted by Crippen LogP contribution is 2.41. The molecule has 33 heavy (non-hydrogen) atoms. The van der Waals surface area contributed by atoms with Crippen molar-refractivity contribution in [2.45, 2.75) is 110 Å². The molecule has 3 rings (SSSR count). The Morgan fingerprint density at radius 1 is 0.697 bits per heavy atom. The molecule has 0 bridgehead atoms. The predicted molar refractivity (Wildman–Crippen MR) is 140 cm³/mol. The van der Waals surface area contributed by atoms with E-state index in [2.05, 4.69) is 26.0 Å². The molecule has 2 heteroatoms. The predicted octanol–water partition coefficient (Wildman–Crippen LogP) is 8.69. The van der Waals surface area contributed by atoms with Gasteiger partial charge in [0.15, 0.2) is 6.29 Å². The van der Waals surface area contributed by atoms with E-state index in [0.29, 0.717) is 0 Å². The van der Waals surface area contributed by atoms with Crippen LogP contribution in [0.3, 0.4) is 0 Å². The first kappa shape index (κ1) is 25.4. The minimum absolute atomic E-state index is 0.738. The summed E-state index contributed by atoms with van der Waals surface area (Å²) in [4.78, 5) is 23.6. The highest BCUT2D eigenvalue weighted by Gasteiger charge is 2.25. The van der Waals surface area contributed by atoms with Gasteiger partial charge in [0.2, 0.25) is 0 Å². The van der Waals surface area contributed by atoms with Crippen LogP contribution in [0.2, 0.25) is 0 Å². The van der Waals surface area contributed by atoms with Crippen LogP contribution in [-0.4, -0.2) is 12.6 Å². The third-order valence-corrected chi connectivity index (χ3v) is 7.30. The quantitative estimate of drug-likeness (QED) is 0.163. The zero-order valence-electron chi connectivity index (χ0n) is 20.9. The molecule has 2 nitrogen and oxygen atoms in total. The fourth-order valence-electron chi connectivity index (χ4n) is 5.40. The number of benzene rings is 2. The van der Waals surface area contributed by atoms with Gasteiger partial charge in [-0.05, 0) is 71.6 Å². The van der Waals surface area contributed by atoms with Crippen LogP contribution >= 0.6 is 0 Å². The normalized spacial score (nSPS) is 11.9. The maximum atomic E-state index is 12.3. The van der Waals surface area contributed by atoms with E-state index in [-0.39, 0.29) is 0 Å². The van der Waals surface area contributed by atoms with Crippen molar-refractivity contribution in [1.82, 2.24) is 0 Å². The summed E-state index contributed by atoms with van der Waals surface area (Å²) in [5.74, 6) is 0. The second kappa shape index (κ2) is 13.5. The molecule has 0 aromatic heterocycles. The smallest absolute Gasteiger partial charge is 0.150 e. The highest BCUT2D eigenvalue weighted by molar-refractivity contribution is 5.88. The van der Waals surface area contributed by atoms with Gasteiger partial charge in [-0.25, -0.2) is 0 Å². The van der Waals surface area contributed by atoms with Gasteiger partial charge >= 0.3 is 0 Å². The number of hydrogen-bond acceptors (Lipinski definition) is 2. The highest BCUT2D eigenvalue weighted by atomic mass is 16.1. The first-order valence-electron chi connectivity index (χ1n) is 13.4. The number of hydrogen-bond donors (Lipinski definition) is 0. The Labute approximate surface area is 201 Å². The molecule has 0 spiro atoms. The molecule has 0 N–H and O–H groups in total. The molecule has 1 aliphatic rings. The molecule has 0 saturated carbocycles. The van der Waals surface area contributed by atoms with Crippen LogP contribution in [0.4, 0.5) is 0 Å². The second-order valence-corrected chi connectivity index (χ2v) is 9.82. The van der Waals surface area contributed by atoms with Crippen molar-refractivity contribution in [2.75, 3.05) is 0 Å². The van der Waals surface area contributed by atoms with Gasteiger partial charge in [-0.15, -0.1) is 0 Å². The molecule has 0 unspecified atom stereocenters. The summed E-state index contributed by atoms with van der Waals surface area (Å²) in [7, 11) is 0. The molecular formula is C31H42O2. The van der Waals surface area contributed by atoms with Crippen LogP contribution in [-0.2, 0) is 19.3 Å². The Hall–Kier alpha value is -2.22. The van der Waals surface area contributed by atoms with Crippen molar-refractivity contribution in [2.24, 2.45) is 0 Å². The monoisotopic (exact) mass is 446 g/mol. The molecule has 2 aromatic carbocycles. The zero-order valence-corrected chi connectivity index (χ0v) is 20.9. The lowest BCUT2D eigenvalue weighted by Gasteiger charge is -2.17. The van der Waals surface area contributed by atoms with E-state index in [9.17, 15) is 9.59 Å². The minimum Gasteiger partial charge on any atom is -0.298 e. The van der Waals surface area contributed by atoms with E-state index >= 15 is 0 Å². The van der Waals surface area contributed by atoms with Gasteiger partial charge < -0.3 is 0 Å². The SMILES string of the molecule is CCCCCCCCc1cc2c(c(CCCCCCCC)c1C=O)Cc1cc(C=O)ccc1-2. The summed E-state index contributed by atoms with van der Waals surface area (Å²) in [6, 6.07) is 8.36. The number of carbonyl (C=O) groups excluding carboxylic acids is 2. The number of fused-ring (bicyclic) bond motifs is 3. The number of aldehydes is 2. The van der Waals surface area contributed by atoms with E-state index in [4.69, 9.17) is 0 Å². The van der Waals surface area contributed by atoms with Gasteiger partial charge in [-0.2, -0.15) is 0 Å². The zero-order chi connectivity index (χ0) is 23.5. The van der Waals surface area contributed by atoms with Gasteiger partial charge in [0.1, 0.15) is 6.29 Å². The Morgan fingerprint density at radius 3 is 1.97 bits per heavy atom. The van der Waals surface area contributed by atoms with Crippen molar-refractivity contribution in [1.29, 1.82) is 0 Å². The second-order valence-electron chi connectivity index (χ2n) is 9.82. The average molecular weight is 447 g/mol. The van der Waals surface area contributed by atoms with Crippen LogP contribution < -0.4 is 0 Å². The summed E-state index contributed by atoms with van der Waals surface area (Å²) < 4.78 is 0. The maximum absolute atomic E-state index is 12.3. The van der Waals surface area contributed by atoms with Crippen LogP contribution in [0.15, 0.2) is 24.3 Å². The van der Waals surface area contributed by atoms with Gasteiger partial charge in [0.25, 0.3) is 0 Å². The Morgan fingerprint density at radius 2 is 1.33 bits per heavy atom. The summed E-state index contributed by atoms with van der Waals surface area (Å²) in [6.07, 6.45) is 20.0. The average Bonchev–Trinajstić information content (AvgIpc) is 3.20. The molecule has 0 heterocycles. The molecule has 178 valence electrons. The van der Waals surface area contributed by atoms with E-state index in [1.165, 1.54) is 97.6 Å². The Kier molecular flexibility index (Phi) is 10.4. The first-order valence-corrected chi connectivity index (χ1v) is 13.4. The van der Waals surface area contributed by atoms with Crippen molar-refractivity contribution < 1.29 is 9.59 Å². The Bertz CT molecular complexity index is 925.